The number of amides is 1. The van der Waals surface area contributed by atoms with Gasteiger partial charge in [0.25, 0.3) is 5.91 Å². The number of morpholine rings is 1. The number of aromatic nitrogens is 2. The van der Waals surface area contributed by atoms with Crippen LogP contribution >= 0.6 is 0 Å². The molecule has 3 saturated heterocycles. The lowest BCUT2D eigenvalue weighted by molar-refractivity contribution is -0.0977. The first-order valence-electron chi connectivity index (χ1n) is 9.74. The zero-order valence-electron chi connectivity index (χ0n) is 15.8. The van der Waals surface area contributed by atoms with Crippen molar-refractivity contribution < 1.29 is 17.9 Å². The van der Waals surface area contributed by atoms with Gasteiger partial charge in [0.15, 0.2) is 0 Å². The molecule has 152 valence electrons. The molecule has 0 N–H and O–H groups in total. The zero-order valence-corrected chi connectivity index (χ0v) is 16.7. The lowest BCUT2D eigenvalue weighted by atomic mass is 9.99. The molecule has 2 bridgehead atoms. The molecule has 2 aromatic rings. The van der Waals surface area contributed by atoms with Crippen LogP contribution in [0.2, 0.25) is 0 Å². The van der Waals surface area contributed by atoms with Crippen LogP contribution in [-0.2, 0) is 21.2 Å². The van der Waals surface area contributed by atoms with E-state index in [1.54, 1.807) is 4.90 Å². The molecule has 1 aromatic carbocycles. The maximum absolute atomic E-state index is 13.2. The second-order valence-corrected chi connectivity index (χ2v) is 10.0. The number of benzene rings is 1. The summed E-state index contributed by atoms with van der Waals surface area (Å²) >= 11 is 0. The predicted molar refractivity (Wildman–Crippen MR) is 105 cm³/mol. The van der Waals surface area contributed by atoms with Crippen LogP contribution in [-0.4, -0.2) is 76.6 Å². The van der Waals surface area contributed by atoms with Crippen LogP contribution in [0.15, 0.2) is 48.9 Å². The molecule has 3 aliphatic rings. The summed E-state index contributed by atoms with van der Waals surface area (Å²) in [5.74, 6) is -0.230. The van der Waals surface area contributed by atoms with Gasteiger partial charge in [-0.3, -0.25) is 9.78 Å². The number of hydrogen-bond acceptors (Lipinski definition) is 6. The average Bonchev–Trinajstić information content (AvgIpc) is 3.12. The van der Waals surface area contributed by atoms with E-state index in [1.807, 2.05) is 30.3 Å². The van der Waals surface area contributed by atoms with Gasteiger partial charge in [-0.25, -0.2) is 13.4 Å². The molecule has 1 spiro atoms. The van der Waals surface area contributed by atoms with Crippen molar-refractivity contribution in [3.8, 4) is 0 Å². The van der Waals surface area contributed by atoms with Crippen LogP contribution in [0.3, 0.4) is 0 Å². The highest BCUT2D eigenvalue weighted by molar-refractivity contribution is 7.90. The molecule has 1 aromatic heterocycles. The molecule has 0 radical (unpaired) electrons. The standard InChI is InChI=1S/C20H22N4O4S/c25-19(17-11-21-7-8-22-17)23-12-16-10-18-20(13-23,28-16)14-24(29(18,26)27)9-6-15-4-2-1-3-5-15/h1-5,7-8,11,16,18H,6,9-10,12-14H2/t16-,18+,20+/m0/s1. The van der Waals surface area contributed by atoms with Crippen LogP contribution in [0.25, 0.3) is 0 Å². The summed E-state index contributed by atoms with van der Waals surface area (Å²) < 4.78 is 34.1. The Hall–Kier alpha value is -2.36. The number of fused-ring (bicyclic) bond motifs is 1. The van der Waals surface area contributed by atoms with Gasteiger partial charge in [0.2, 0.25) is 10.0 Å². The summed E-state index contributed by atoms with van der Waals surface area (Å²) in [4.78, 5) is 22.6. The molecule has 1 amide bonds. The van der Waals surface area contributed by atoms with Crippen LogP contribution in [0.4, 0.5) is 0 Å². The molecule has 5 rings (SSSR count). The van der Waals surface area contributed by atoms with E-state index in [0.717, 1.165) is 5.56 Å². The van der Waals surface area contributed by atoms with Gasteiger partial charge in [-0.15, -0.1) is 0 Å². The molecule has 3 fully saturated rings. The highest BCUT2D eigenvalue weighted by Crippen LogP contribution is 2.46. The predicted octanol–water partition coefficient (Wildman–Crippen LogP) is 0.717. The summed E-state index contributed by atoms with van der Waals surface area (Å²) in [5.41, 5.74) is 0.499. The summed E-state index contributed by atoms with van der Waals surface area (Å²) in [7, 11) is -3.47. The van der Waals surface area contributed by atoms with E-state index in [-0.39, 0.29) is 30.8 Å². The smallest absolute Gasteiger partial charge is 0.274 e. The lowest BCUT2D eigenvalue weighted by Gasteiger charge is -2.39. The first kappa shape index (κ1) is 18.7. The molecular weight excluding hydrogens is 392 g/mol. The first-order chi connectivity index (χ1) is 14.0. The van der Waals surface area contributed by atoms with Gasteiger partial charge in [0.05, 0.1) is 18.8 Å². The number of likely N-dealkylation sites (tertiary alicyclic amines) is 1. The third-order valence-electron chi connectivity index (χ3n) is 6.07. The quantitative estimate of drug-likeness (QED) is 0.732. The Labute approximate surface area is 169 Å². The number of nitrogens with zero attached hydrogens (tertiary/aromatic N) is 4. The normalized spacial score (nSPS) is 30.3. The Kier molecular flexibility index (Phi) is 4.41. The van der Waals surface area contributed by atoms with Crippen LogP contribution in [0, 0.1) is 0 Å². The number of hydrogen-bond donors (Lipinski definition) is 0. The van der Waals surface area contributed by atoms with E-state index in [4.69, 9.17) is 4.74 Å². The van der Waals surface area contributed by atoms with E-state index in [2.05, 4.69) is 9.97 Å². The summed E-state index contributed by atoms with van der Waals surface area (Å²) in [6, 6.07) is 9.84. The van der Waals surface area contributed by atoms with Gasteiger partial charge < -0.3 is 9.64 Å². The van der Waals surface area contributed by atoms with Gasteiger partial charge >= 0.3 is 0 Å². The molecule has 3 atom stereocenters. The molecule has 0 aliphatic carbocycles. The fraction of sp³-hybridized carbons (Fsp3) is 0.450. The van der Waals surface area contributed by atoms with Gasteiger partial charge in [0, 0.05) is 32.0 Å². The second-order valence-electron chi connectivity index (χ2n) is 7.92. The highest BCUT2D eigenvalue weighted by atomic mass is 32.2. The summed E-state index contributed by atoms with van der Waals surface area (Å²) in [6.07, 6.45) is 5.24. The van der Waals surface area contributed by atoms with Crippen molar-refractivity contribution in [2.24, 2.45) is 0 Å². The third kappa shape index (κ3) is 3.13. The van der Waals surface area contributed by atoms with Crippen LogP contribution in [0.1, 0.15) is 22.5 Å². The Balaban J connectivity index is 1.36. The Morgan fingerprint density at radius 2 is 2.03 bits per heavy atom. The number of sulfonamides is 1. The SMILES string of the molecule is O=C(c1cnccn1)N1C[C@@H]2C[C@@H]3[C@@](C1)(CN(CCc1ccccc1)S3(=O)=O)O2. The number of carbonyl (C=O) groups is 1. The summed E-state index contributed by atoms with van der Waals surface area (Å²) in [6.45, 7) is 1.34. The number of carbonyl (C=O) groups excluding carboxylic acids is 1. The Bertz CT molecular complexity index is 1020. The monoisotopic (exact) mass is 414 g/mol. The van der Waals surface area contributed by atoms with Crippen molar-refractivity contribution in [2.75, 3.05) is 26.2 Å². The van der Waals surface area contributed by atoms with Gasteiger partial charge in [0.1, 0.15) is 16.5 Å². The summed E-state index contributed by atoms with van der Waals surface area (Å²) in [5, 5.41) is -0.601. The lowest BCUT2D eigenvalue weighted by Crippen LogP contribution is -2.56. The van der Waals surface area contributed by atoms with Crippen LogP contribution in [0.5, 0.6) is 0 Å². The fourth-order valence-corrected chi connectivity index (χ4v) is 7.08. The van der Waals surface area contributed by atoms with Crippen molar-refractivity contribution in [1.82, 2.24) is 19.2 Å². The molecule has 8 nitrogen and oxygen atoms in total. The van der Waals surface area contributed by atoms with Crippen molar-refractivity contribution in [2.45, 2.75) is 29.8 Å². The second kappa shape index (κ2) is 6.86. The molecular formula is C20H22N4O4S. The number of ether oxygens (including phenoxy) is 1. The maximum Gasteiger partial charge on any atom is 0.274 e. The van der Waals surface area contributed by atoms with Crippen molar-refractivity contribution >= 4 is 15.9 Å². The Morgan fingerprint density at radius 1 is 1.21 bits per heavy atom. The van der Waals surface area contributed by atoms with Crippen molar-refractivity contribution in [3.05, 3.63) is 60.2 Å². The van der Waals surface area contributed by atoms with Crippen molar-refractivity contribution in [1.29, 1.82) is 0 Å². The molecule has 4 heterocycles. The maximum atomic E-state index is 13.2. The van der Waals surface area contributed by atoms with Crippen molar-refractivity contribution in [3.63, 3.8) is 0 Å². The van der Waals surface area contributed by atoms with E-state index in [0.29, 0.717) is 25.9 Å². The van der Waals surface area contributed by atoms with Gasteiger partial charge in [-0.1, -0.05) is 30.3 Å². The molecule has 3 aliphatic heterocycles. The Morgan fingerprint density at radius 3 is 2.79 bits per heavy atom. The van der Waals surface area contributed by atoms with E-state index in [9.17, 15) is 13.2 Å². The van der Waals surface area contributed by atoms with Gasteiger partial charge in [-0.05, 0) is 18.4 Å². The molecule has 29 heavy (non-hydrogen) atoms. The molecule has 9 heteroatoms. The topological polar surface area (TPSA) is 92.7 Å². The largest absolute Gasteiger partial charge is 0.365 e. The van der Waals surface area contributed by atoms with Crippen LogP contribution < -0.4 is 0 Å². The minimum Gasteiger partial charge on any atom is -0.365 e. The molecule has 0 saturated carbocycles. The first-order valence-corrected chi connectivity index (χ1v) is 11.2. The number of rotatable bonds is 4. The third-order valence-corrected chi connectivity index (χ3v) is 8.45. The zero-order chi connectivity index (χ0) is 20.1. The van der Waals surface area contributed by atoms with E-state index < -0.39 is 20.9 Å². The molecule has 0 unspecified atom stereocenters. The fourth-order valence-electron chi connectivity index (χ4n) is 4.78. The van der Waals surface area contributed by atoms with E-state index >= 15 is 0 Å². The van der Waals surface area contributed by atoms with E-state index in [1.165, 1.54) is 22.9 Å². The minimum atomic E-state index is -3.47. The minimum absolute atomic E-state index is 0.230. The highest BCUT2D eigenvalue weighted by Gasteiger charge is 2.65. The van der Waals surface area contributed by atoms with Gasteiger partial charge in [-0.2, -0.15) is 4.31 Å². The average molecular weight is 414 g/mol.